The van der Waals surface area contributed by atoms with Crippen molar-refractivity contribution in [3.63, 3.8) is 0 Å². The van der Waals surface area contributed by atoms with Gasteiger partial charge in [0.2, 0.25) is 11.8 Å². The molecule has 0 saturated carbocycles. The molecule has 2 bridgehead atoms. The predicted octanol–water partition coefficient (Wildman–Crippen LogP) is 5.93. The summed E-state index contributed by atoms with van der Waals surface area (Å²) in [4.78, 5) is 41.9. The summed E-state index contributed by atoms with van der Waals surface area (Å²) in [6, 6.07) is 20.4. The highest BCUT2D eigenvalue weighted by atomic mass is 79.9. The van der Waals surface area contributed by atoms with Crippen LogP contribution >= 0.6 is 43.5 Å². The Bertz CT molecular complexity index is 1330. The van der Waals surface area contributed by atoms with Gasteiger partial charge in [-0.05, 0) is 47.4 Å². The Morgan fingerprint density at radius 3 is 1.77 bits per heavy atom. The maximum Gasteiger partial charge on any atom is 0.339 e. The lowest BCUT2D eigenvalue weighted by molar-refractivity contribution is -0.122. The molecule has 8 heteroatoms. The highest BCUT2D eigenvalue weighted by Crippen LogP contribution is 2.70. The Kier molecular flexibility index (Phi) is 5.09. The number of anilines is 1. The Labute approximate surface area is 223 Å². The average molecular weight is 616 g/mol. The average Bonchev–Trinajstić information content (AvgIpc) is 3.14. The molecule has 3 aliphatic carbocycles. The van der Waals surface area contributed by atoms with E-state index in [0.29, 0.717) is 5.69 Å². The van der Waals surface area contributed by atoms with Crippen LogP contribution in [0, 0.1) is 11.8 Å². The number of esters is 1. The Hall–Kier alpha value is -2.48. The monoisotopic (exact) mass is 613 g/mol. The number of rotatable bonds is 3. The summed E-state index contributed by atoms with van der Waals surface area (Å²) in [7, 11) is 0. The van der Waals surface area contributed by atoms with Crippen molar-refractivity contribution in [3.8, 4) is 0 Å². The highest BCUT2D eigenvalue weighted by molar-refractivity contribution is 9.10. The minimum Gasteiger partial charge on any atom is -0.462 e. The first-order chi connectivity index (χ1) is 16.8. The molecule has 0 N–H and O–H groups in total. The topological polar surface area (TPSA) is 63.7 Å². The third-order valence-electron chi connectivity index (χ3n) is 7.29. The maximum atomic E-state index is 14.1. The third-order valence-corrected chi connectivity index (χ3v) is 10.3. The summed E-state index contributed by atoms with van der Waals surface area (Å²) >= 11 is 14.2. The van der Waals surface area contributed by atoms with E-state index in [9.17, 15) is 14.4 Å². The van der Waals surface area contributed by atoms with Crippen molar-refractivity contribution in [2.75, 3.05) is 11.5 Å². The maximum absolute atomic E-state index is 14.1. The van der Waals surface area contributed by atoms with Gasteiger partial charge >= 0.3 is 5.97 Å². The molecule has 176 valence electrons. The van der Waals surface area contributed by atoms with E-state index < -0.39 is 26.5 Å². The quantitative estimate of drug-likeness (QED) is 0.208. The van der Waals surface area contributed by atoms with Gasteiger partial charge in [0.15, 0.2) is 0 Å². The molecule has 4 aliphatic rings. The Balaban J connectivity index is 1.56. The van der Waals surface area contributed by atoms with Crippen molar-refractivity contribution >= 4 is 66.9 Å². The van der Waals surface area contributed by atoms with Crippen LogP contribution in [0.4, 0.5) is 5.69 Å². The molecule has 0 unspecified atom stereocenters. The highest BCUT2D eigenvalue weighted by Gasteiger charge is 2.72. The molecule has 3 aromatic rings. The van der Waals surface area contributed by atoms with Crippen LogP contribution in [0.25, 0.3) is 0 Å². The molecule has 7 rings (SSSR count). The van der Waals surface area contributed by atoms with Gasteiger partial charge in [0.1, 0.15) is 0 Å². The fraction of sp³-hybridized carbons (Fsp3) is 0.222. The minimum atomic E-state index is -0.877. The van der Waals surface area contributed by atoms with E-state index in [4.69, 9.17) is 16.3 Å². The molecule has 5 nitrogen and oxygen atoms in total. The zero-order valence-electron chi connectivity index (χ0n) is 18.4. The van der Waals surface area contributed by atoms with Crippen molar-refractivity contribution in [3.05, 3.63) is 99.6 Å². The second-order valence-electron chi connectivity index (χ2n) is 8.87. The molecular weight excluding hydrogens is 598 g/mol. The van der Waals surface area contributed by atoms with Gasteiger partial charge in [-0.3, -0.25) is 9.59 Å². The molecule has 2 atom stereocenters. The summed E-state index contributed by atoms with van der Waals surface area (Å²) in [5.74, 6) is -2.66. The lowest BCUT2D eigenvalue weighted by Gasteiger charge is -2.55. The molecule has 0 radical (unpaired) electrons. The molecule has 1 fully saturated rings. The molecule has 0 aromatic heterocycles. The molecule has 2 amide bonds. The standard InChI is InChI=1S/C27H18Br2ClNO4/c1-2-35-25(34)15-13-14(11-12-20(15)30)31-23(32)21-22(24(31)33)27(29)17-8-4-3-7-16(17)26(21,28)18-9-5-6-10-19(18)27/h3-13,21-22H,2H2,1H3/t21-,22+,26?,27?. The summed E-state index contributed by atoms with van der Waals surface area (Å²) in [5.41, 5.74) is 4.25. The summed E-state index contributed by atoms with van der Waals surface area (Å²) < 4.78 is 3.36. The van der Waals surface area contributed by atoms with Crippen molar-refractivity contribution in [2.24, 2.45) is 11.8 Å². The first-order valence-corrected chi connectivity index (χ1v) is 13.1. The summed E-state index contributed by atoms with van der Waals surface area (Å²) in [6.07, 6.45) is 0. The van der Waals surface area contributed by atoms with Gasteiger partial charge in [-0.1, -0.05) is 92.0 Å². The van der Waals surface area contributed by atoms with Crippen molar-refractivity contribution in [1.29, 1.82) is 0 Å². The van der Waals surface area contributed by atoms with Gasteiger partial charge < -0.3 is 4.74 Å². The van der Waals surface area contributed by atoms with Gasteiger partial charge in [-0.15, -0.1) is 0 Å². The molecule has 1 saturated heterocycles. The molecule has 1 heterocycles. The SMILES string of the molecule is CCOC(=O)c1cc(N2C(=O)[C@@H]3[C@H](C2=O)C2(Br)c4ccccc4C3(Br)c3ccccc32)ccc1Cl. The summed E-state index contributed by atoms with van der Waals surface area (Å²) in [5, 5.41) is 0.192. The molecular formula is C27H18Br2ClNO4. The van der Waals surface area contributed by atoms with Crippen molar-refractivity contribution in [2.45, 2.75) is 15.6 Å². The van der Waals surface area contributed by atoms with Crippen molar-refractivity contribution in [1.82, 2.24) is 0 Å². The van der Waals surface area contributed by atoms with E-state index in [1.165, 1.54) is 17.0 Å². The number of hydrogen-bond donors (Lipinski definition) is 0. The molecule has 35 heavy (non-hydrogen) atoms. The van der Waals surface area contributed by atoms with Crippen LogP contribution in [0.1, 0.15) is 39.5 Å². The second kappa shape index (κ2) is 7.76. The van der Waals surface area contributed by atoms with E-state index in [2.05, 4.69) is 31.9 Å². The number of hydrogen-bond acceptors (Lipinski definition) is 4. The van der Waals surface area contributed by atoms with Gasteiger partial charge in [0.25, 0.3) is 0 Å². The van der Waals surface area contributed by atoms with E-state index in [1.807, 2.05) is 48.5 Å². The third kappa shape index (κ3) is 2.77. The van der Waals surface area contributed by atoms with Crippen LogP contribution in [-0.2, 0) is 23.0 Å². The van der Waals surface area contributed by atoms with Gasteiger partial charge in [-0.25, -0.2) is 9.69 Å². The van der Waals surface area contributed by atoms with Crippen LogP contribution in [0.15, 0.2) is 66.7 Å². The zero-order valence-corrected chi connectivity index (χ0v) is 22.4. The molecule has 1 aliphatic heterocycles. The van der Waals surface area contributed by atoms with Gasteiger partial charge in [0, 0.05) is 0 Å². The van der Waals surface area contributed by atoms with Crippen LogP contribution in [0.5, 0.6) is 0 Å². The van der Waals surface area contributed by atoms with Crippen LogP contribution < -0.4 is 4.90 Å². The van der Waals surface area contributed by atoms with E-state index in [1.54, 1.807) is 13.0 Å². The van der Waals surface area contributed by atoms with E-state index >= 15 is 0 Å². The van der Waals surface area contributed by atoms with Gasteiger partial charge in [0.05, 0.1) is 43.4 Å². The number of nitrogens with zero attached hydrogens (tertiary/aromatic N) is 1. The van der Waals surface area contributed by atoms with E-state index in [-0.39, 0.29) is 29.0 Å². The molecule has 0 spiro atoms. The number of halogens is 3. The first kappa shape index (κ1) is 23.0. The lowest BCUT2D eigenvalue weighted by atomic mass is 9.54. The number of ether oxygens (including phenoxy) is 1. The number of benzene rings is 3. The van der Waals surface area contributed by atoms with Crippen LogP contribution in [-0.4, -0.2) is 24.4 Å². The normalized spacial score (nSPS) is 27.9. The van der Waals surface area contributed by atoms with Gasteiger partial charge in [-0.2, -0.15) is 0 Å². The first-order valence-electron chi connectivity index (χ1n) is 11.2. The fourth-order valence-electron chi connectivity index (χ4n) is 5.94. The fourth-order valence-corrected chi connectivity index (χ4v) is 8.44. The van der Waals surface area contributed by atoms with Crippen LogP contribution in [0.3, 0.4) is 0 Å². The zero-order chi connectivity index (χ0) is 24.7. The number of imide groups is 1. The predicted molar refractivity (Wildman–Crippen MR) is 139 cm³/mol. The number of carbonyl (C=O) groups excluding carboxylic acids is 3. The molecule has 3 aromatic carbocycles. The van der Waals surface area contributed by atoms with E-state index in [0.717, 1.165) is 22.3 Å². The number of alkyl halides is 2. The Morgan fingerprint density at radius 2 is 1.34 bits per heavy atom. The minimum absolute atomic E-state index is 0.109. The second-order valence-corrected chi connectivity index (χ2v) is 11.8. The summed E-state index contributed by atoms with van der Waals surface area (Å²) in [6.45, 7) is 1.88. The lowest BCUT2D eigenvalue weighted by Crippen LogP contribution is -2.56. The number of amides is 2. The van der Waals surface area contributed by atoms with Crippen molar-refractivity contribution < 1.29 is 19.1 Å². The number of carbonyl (C=O) groups is 3. The largest absolute Gasteiger partial charge is 0.462 e. The smallest absolute Gasteiger partial charge is 0.339 e. The Morgan fingerprint density at radius 1 is 0.886 bits per heavy atom. The van der Waals surface area contributed by atoms with Crippen LogP contribution in [0.2, 0.25) is 5.02 Å².